The van der Waals surface area contributed by atoms with E-state index in [9.17, 15) is 5.11 Å². The number of aliphatic hydroxyl groups excluding tert-OH is 1. The van der Waals surface area contributed by atoms with Gasteiger partial charge in [-0.15, -0.1) is 0 Å². The van der Waals surface area contributed by atoms with Gasteiger partial charge >= 0.3 is 0 Å². The third-order valence-electron chi connectivity index (χ3n) is 2.43. The molecule has 0 aliphatic heterocycles. The molecular weight excluding hydrogens is 174 g/mol. The van der Waals surface area contributed by atoms with Crippen LogP contribution in [0.15, 0.2) is 30.3 Å². The van der Waals surface area contributed by atoms with Crippen LogP contribution in [0.4, 0.5) is 0 Å². The molecule has 78 valence electrons. The van der Waals surface area contributed by atoms with E-state index in [1.165, 1.54) is 0 Å². The SMILES string of the molecule is CCN[C@H](CC)[C@@H](O)c1ccccc1. The molecule has 0 aliphatic rings. The monoisotopic (exact) mass is 193 g/mol. The van der Waals surface area contributed by atoms with Gasteiger partial charge in [0.05, 0.1) is 6.10 Å². The maximum Gasteiger partial charge on any atom is 0.0942 e. The molecule has 0 amide bonds. The van der Waals surface area contributed by atoms with Crippen LogP contribution >= 0.6 is 0 Å². The summed E-state index contributed by atoms with van der Waals surface area (Å²) in [6, 6.07) is 9.95. The van der Waals surface area contributed by atoms with E-state index < -0.39 is 6.10 Å². The maximum atomic E-state index is 10.0. The van der Waals surface area contributed by atoms with Crippen LogP contribution in [0.25, 0.3) is 0 Å². The largest absolute Gasteiger partial charge is 0.387 e. The molecule has 0 bridgehead atoms. The molecule has 14 heavy (non-hydrogen) atoms. The van der Waals surface area contributed by atoms with Gasteiger partial charge in [0.25, 0.3) is 0 Å². The molecule has 0 spiro atoms. The number of benzene rings is 1. The second-order valence-corrected chi connectivity index (χ2v) is 3.43. The molecule has 2 heteroatoms. The molecule has 2 N–H and O–H groups in total. The van der Waals surface area contributed by atoms with Crippen molar-refractivity contribution in [2.75, 3.05) is 6.54 Å². The lowest BCUT2D eigenvalue weighted by atomic mass is 10.0. The average molecular weight is 193 g/mol. The Bertz CT molecular complexity index is 248. The van der Waals surface area contributed by atoms with Gasteiger partial charge < -0.3 is 10.4 Å². The topological polar surface area (TPSA) is 32.3 Å². The van der Waals surface area contributed by atoms with E-state index in [1.54, 1.807) is 0 Å². The quantitative estimate of drug-likeness (QED) is 0.750. The second-order valence-electron chi connectivity index (χ2n) is 3.43. The number of hydrogen-bond acceptors (Lipinski definition) is 2. The van der Waals surface area contributed by atoms with Crippen LogP contribution in [0.2, 0.25) is 0 Å². The molecule has 2 nitrogen and oxygen atoms in total. The summed E-state index contributed by atoms with van der Waals surface area (Å²) in [6.07, 6.45) is 0.533. The Kier molecular flexibility index (Phi) is 4.63. The van der Waals surface area contributed by atoms with Crippen molar-refractivity contribution < 1.29 is 5.11 Å². The van der Waals surface area contributed by atoms with Crippen molar-refractivity contribution in [3.8, 4) is 0 Å². The van der Waals surface area contributed by atoms with E-state index in [1.807, 2.05) is 30.3 Å². The standard InChI is InChI=1S/C12H19NO/c1-3-11(13-4-2)12(14)10-8-6-5-7-9-10/h5-9,11-14H,3-4H2,1-2H3/t11-,12+/m1/s1. The minimum atomic E-state index is -0.402. The number of hydrogen-bond donors (Lipinski definition) is 2. The van der Waals surface area contributed by atoms with Crippen LogP contribution < -0.4 is 5.32 Å². The first kappa shape index (κ1) is 11.2. The number of aliphatic hydroxyl groups is 1. The lowest BCUT2D eigenvalue weighted by molar-refractivity contribution is 0.127. The summed E-state index contributed by atoms with van der Waals surface area (Å²) in [6.45, 7) is 5.03. The Morgan fingerprint density at radius 3 is 2.36 bits per heavy atom. The highest BCUT2D eigenvalue weighted by Gasteiger charge is 2.17. The molecule has 0 heterocycles. The van der Waals surface area contributed by atoms with Crippen LogP contribution in [-0.4, -0.2) is 17.7 Å². The van der Waals surface area contributed by atoms with E-state index in [2.05, 4.69) is 19.2 Å². The van der Waals surface area contributed by atoms with Gasteiger partial charge in [0, 0.05) is 6.04 Å². The Morgan fingerprint density at radius 2 is 1.86 bits per heavy atom. The summed E-state index contributed by atoms with van der Waals surface area (Å²) in [7, 11) is 0. The molecule has 2 atom stereocenters. The molecule has 0 aliphatic carbocycles. The maximum absolute atomic E-state index is 10.0. The van der Waals surface area contributed by atoms with Crippen molar-refractivity contribution >= 4 is 0 Å². The summed E-state index contributed by atoms with van der Waals surface area (Å²) >= 11 is 0. The Morgan fingerprint density at radius 1 is 1.21 bits per heavy atom. The van der Waals surface area contributed by atoms with Crippen LogP contribution in [0.1, 0.15) is 31.9 Å². The molecule has 0 radical (unpaired) electrons. The van der Waals surface area contributed by atoms with Crippen molar-refractivity contribution in [3.63, 3.8) is 0 Å². The number of likely N-dealkylation sites (N-methyl/N-ethyl adjacent to an activating group) is 1. The zero-order valence-electron chi connectivity index (χ0n) is 8.90. The first-order valence-electron chi connectivity index (χ1n) is 5.26. The Labute approximate surface area is 86.0 Å². The minimum Gasteiger partial charge on any atom is -0.387 e. The number of rotatable bonds is 5. The Hall–Kier alpha value is -0.860. The van der Waals surface area contributed by atoms with E-state index >= 15 is 0 Å². The molecule has 0 unspecified atom stereocenters. The van der Waals surface area contributed by atoms with Crippen LogP contribution in [0.3, 0.4) is 0 Å². The lowest BCUT2D eigenvalue weighted by Crippen LogP contribution is -2.34. The molecule has 1 aromatic rings. The third-order valence-corrected chi connectivity index (χ3v) is 2.43. The summed E-state index contributed by atoms with van der Waals surface area (Å²) in [5, 5.41) is 13.3. The van der Waals surface area contributed by atoms with Crippen molar-refractivity contribution in [1.29, 1.82) is 0 Å². The van der Waals surface area contributed by atoms with E-state index in [0.717, 1.165) is 18.5 Å². The zero-order valence-corrected chi connectivity index (χ0v) is 8.90. The number of nitrogens with one attached hydrogen (secondary N) is 1. The highest BCUT2D eigenvalue weighted by atomic mass is 16.3. The summed E-state index contributed by atoms with van der Waals surface area (Å²) < 4.78 is 0. The fourth-order valence-electron chi connectivity index (χ4n) is 1.62. The van der Waals surface area contributed by atoms with Crippen LogP contribution in [0, 0.1) is 0 Å². The van der Waals surface area contributed by atoms with E-state index in [0.29, 0.717) is 0 Å². The first-order chi connectivity index (χ1) is 6.79. The van der Waals surface area contributed by atoms with Crippen molar-refractivity contribution in [1.82, 2.24) is 5.32 Å². The van der Waals surface area contributed by atoms with E-state index in [4.69, 9.17) is 0 Å². The molecule has 0 fully saturated rings. The highest BCUT2D eigenvalue weighted by Crippen LogP contribution is 2.18. The van der Waals surface area contributed by atoms with Gasteiger partial charge in [-0.1, -0.05) is 44.2 Å². The second kappa shape index (κ2) is 5.78. The molecule has 0 saturated heterocycles. The highest BCUT2D eigenvalue weighted by molar-refractivity contribution is 5.18. The predicted molar refractivity (Wildman–Crippen MR) is 59.2 cm³/mol. The zero-order chi connectivity index (χ0) is 10.4. The predicted octanol–water partition coefficient (Wildman–Crippen LogP) is 2.11. The van der Waals surface area contributed by atoms with Crippen molar-refractivity contribution in [2.45, 2.75) is 32.4 Å². The van der Waals surface area contributed by atoms with Gasteiger partial charge in [0.1, 0.15) is 0 Å². The summed E-state index contributed by atoms with van der Waals surface area (Å²) in [4.78, 5) is 0. The molecular formula is C12H19NO. The van der Waals surface area contributed by atoms with Gasteiger partial charge in [-0.2, -0.15) is 0 Å². The third kappa shape index (κ3) is 2.82. The van der Waals surface area contributed by atoms with Gasteiger partial charge in [-0.25, -0.2) is 0 Å². The minimum absolute atomic E-state index is 0.155. The molecule has 0 aromatic heterocycles. The summed E-state index contributed by atoms with van der Waals surface area (Å²) in [5.41, 5.74) is 0.986. The smallest absolute Gasteiger partial charge is 0.0942 e. The van der Waals surface area contributed by atoms with Crippen LogP contribution in [0.5, 0.6) is 0 Å². The normalized spacial score (nSPS) is 15.1. The average Bonchev–Trinajstić information content (AvgIpc) is 2.26. The van der Waals surface area contributed by atoms with Gasteiger partial charge in [-0.3, -0.25) is 0 Å². The molecule has 1 rings (SSSR count). The fraction of sp³-hybridized carbons (Fsp3) is 0.500. The Balaban J connectivity index is 2.67. The fourth-order valence-corrected chi connectivity index (χ4v) is 1.62. The summed E-state index contributed by atoms with van der Waals surface area (Å²) in [5.74, 6) is 0. The molecule has 0 saturated carbocycles. The van der Waals surface area contributed by atoms with Gasteiger partial charge in [0.2, 0.25) is 0 Å². The lowest BCUT2D eigenvalue weighted by Gasteiger charge is -2.22. The first-order valence-corrected chi connectivity index (χ1v) is 5.26. The van der Waals surface area contributed by atoms with Gasteiger partial charge in [0.15, 0.2) is 0 Å². The van der Waals surface area contributed by atoms with E-state index in [-0.39, 0.29) is 6.04 Å². The van der Waals surface area contributed by atoms with Gasteiger partial charge in [-0.05, 0) is 18.5 Å². The van der Waals surface area contributed by atoms with Crippen LogP contribution in [-0.2, 0) is 0 Å². The van der Waals surface area contributed by atoms with Crippen molar-refractivity contribution in [2.24, 2.45) is 0 Å². The van der Waals surface area contributed by atoms with Crippen molar-refractivity contribution in [3.05, 3.63) is 35.9 Å². The molecule has 1 aromatic carbocycles.